The fourth-order valence-corrected chi connectivity index (χ4v) is 0.872. The standard InChI is InChI=1S/C6H6Cl4/c1-3(7)5(9)6(10)4(2)8/h1-2H3/b5-3-,6-4-. The van der Waals surface area contributed by atoms with Gasteiger partial charge in [0.2, 0.25) is 0 Å². The number of hydrogen-bond donors (Lipinski definition) is 0. The Morgan fingerprint density at radius 2 is 0.900 bits per heavy atom. The zero-order valence-corrected chi connectivity index (χ0v) is 8.54. The van der Waals surface area contributed by atoms with Crippen LogP contribution in [0.5, 0.6) is 0 Å². The van der Waals surface area contributed by atoms with Gasteiger partial charge in [-0.15, -0.1) is 0 Å². The largest absolute Gasteiger partial charge is 0.0878 e. The van der Waals surface area contributed by atoms with Crippen LogP contribution >= 0.6 is 46.4 Å². The van der Waals surface area contributed by atoms with Gasteiger partial charge in [-0.3, -0.25) is 0 Å². The Morgan fingerprint density at radius 3 is 1.00 bits per heavy atom. The third-order valence-corrected chi connectivity index (χ3v) is 2.41. The van der Waals surface area contributed by atoms with Gasteiger partial charge in [-0.1, -0.05) is 46.4 Å². The highest BCUT2D eigenvalue weighted by atomic mass is 35.5. The van der Waals surface area contributed by atoms with Gasteiger partial charge in [0, 0.05) is 10.1 Å². The first kappa shape index (κ1) is 10.6. The minimum absolute atomic E-state index is 0.302. The SMILES string of the molecule is C/C(Cl)=C(Cl)\C(Cl)=C(/C)Cl. The number of halogens is 4. The monoisotopic (exact) mass is 218 g/mol. The Morgan fingerprint density at radius 1 is 0.700 bits per heavy atom. The molecule has 0 bridgehead atoms. The van der Waals surface area contributed by atoms with Crippen LogP contribution in [0.4, 0.5) is 0 Å². The van der Waals surface area contributed by atoms with Crippen LogP contribution in [0.1, 0.15) is 13.8 Å². The van der Waals surface area contributed by atoms with E-state index in [1.54, 1.807) is 13.8 Å². The molecule has 0 aromatic rings. The lowest BCUT2D eigenvalue weighted by Gasteiger charge is -1.97. The quantitative estimate of drug-likeness (QED) is 0.574. The minimum Gasteiger partial charge on any atom is -0.0878 e. The molecule has 58 valence electrons. The molecule has 10 heavy (non-hydrogen) atoms. The molecular weight excluding hydrogens is 214 g/mol. The van der Waals surface area contributed by atoms with Gasteiger partial charge in [0.05, 0.1) is 10.1 Å². The molecule has 0 aliphatic rings. The van der Waals surface area contributed by atoms with Crippen LogP contribution in [0.25, 0.3) is 0 Å². The molecule has 0 atom stereocenters. The lowest BCUT2D eigenvalue weighted by Crippen LogP contribution is -1.76. The van der Waals surface area contributed by atoms with Crippen molar-refractivity contribution < 1.29 is 0 Å². The summed E-state index contributed by atoms with van der Waals surface area (Å²) in [6, 6.07) is 0. The Labute approximate surface area is 80.4 Å². The predicted molar refractivity (Wildman–Crippen MR) is 48.8 cm³/mol. The van der Waals surface area contributed by atoms with E-state index < -0.39 is 0 Å². The molecule has 0 N–H and O–H groups in total. The Hall–Kier alpha value is 0.640. The summed E-state index contributed by atoms with van der Waals surface area (Å²) < 4.78 is 0. The van der Waals surface area contributed by atoms with E-state index in [1.165, 1.54) is 0 Å². The van der Waals surface area contributed by atoms with E-state index in [9.17, 15) is 0 Å². The molecule has 0 amide bonds. The van der Waals surface area contributed by atoms with Crippen molar-refractivity contribution in [1.82, 2.24) is 0 Å². The van der Waals surface area contributed by atoms with Gasteiger partial charge in [-0.05, 0) is 13.8 Å². The molecule has 0 nitrogen and oxygen atoms in total. The summed E-state index contributed by atoms with van der Waals surface area (Å²) in [4.78, 5) is 0. The Balaban J connectivity index is 4.71. The second-order valence-electron chi connectivity index (χ2n) is 1.69. The predicted octanol–water partition coefficient (Wildman–Crippen LogP) is 4.40. The van der Waals surface area contributed by atoms with Crippen LogP contribution in [0.3, 0.4) is 0 Å². The summed E-state index contributed by atoms with van der Waals surface area (Å²) in [5, 5.41) is 1.48. The van der Waals surface area contributed by atoms with Crippen molar-refractivity contribution in [2.45, 2.75) is 13.8 Å². The first-order chi connectivity index (χ1) is 4.46. The fourth-order valence-electron chi connectivity index (χ4n) is 0.302. The highest BCUT2D eigenvalue weighted by Gasteiger charge is 2.04. The molecule has 0 aliphatic carbocycles. The molecule has 0 aromatic carbocycles. The molecule has 0 spiro atoms. The maximum Gasteiger partial charge on any atom is 0.0746 e. The third kappa shape index (κ3) is 3.16. The van der Waals surface area contributed by atoms with Gasteiger partial charge in [0.15, 0.2) is 0 Å². The van der Waals surface area contributed by atoms with Gasteiger partial charge in [-0.2, -0.15) is 0 Å². The maximum atomic E-state index is 5.63. The van der Waals surface area contributed by atoms with Crippen LogP contribution in [0.2, 0.25) is 0 Å². The van der Waals surface area contributed by atoms with Crippen molar-refractivity contribution in [3.8, 4) is 0 Å². The Kier molecular flexibility index (Phi) is 4.79. The average molecular weight is 220 g/mol. The topological polar surface area (TPSA) is 0 Å². The van der Waals surface area contributed by atoms with Crippen LogP contribution < -0.4 is 0 Å². The summed E-state index contributed by atoms with van der Waals surface area (Å²) in [7, 11) is 0. The van der Waals surface area contributed by atoms with Crippen LogP contribution in [-0.4, -0.2) is 0 Å². The van der Waals surface area contributed by atoms with Crippen LogP contribution in [0.15, 0.2) is 20.1 Å². The van der Waals surface area contributed by atoms with Gasteiger partial charge < -0.3 is 0 Å². The molecule has 0 saturated heterocycles. The first-order valence-electron chi connectivity index (χ1n) is 2.51. The van der Waals surface area contributed by atoms with E-state index in [0.717, 1.165) is 0 Å². The summed E-state index contributed by atoms with van der Waals surface area (Å²) in [6.07, 6.45) is 0. The van der Waals surface area contributed by atoms with Crippen molar-refractivity contribution in [1.29, 1.82) is 0 Å². The molecule has 0 rings (SSSR count). The molecule has 0 heterocycles. The molecule has 0 aliphatic heterocycles. The number of allylic oxidation sites excluding steroid dienone is 4. The third-order valence-electron chi connectivity index (χ3n) is 0.798. The molecule has 0 fully saturated rings. The molecule has 0 unspecified atom stereocenters. The summed E-state index contributed by atoms with van der Waals surface area (Å²) in [5.74, 6) is 0. The van der Waals surface area contributed by atoms with Crippen LogP contribution in [-0.2, 0) is 0 Å². The number of hydrogen-bond acceptors (Lipinski definition) is 0. The molecule has 0 saturated carbocycles. The minimum atomic E-state index is 0.302. The van der Waals surface area contributed by atoms with Crippen molar-refractivity contribution in [3.05, 3.63) is 20.1 Å². The fraction of sp³-hybridized carbons (Fsp3) is 0.333. The molecular formula is C6H6Cl4. The zero-order chi connectivity index (χ0) is 8.31. The van der Waals surface area contributed by atoms with Crippen molar-refractivity contribution in [3.63, 3.8) is 0 Å². The lowest BCUT2D eigenvalue weighted by atomic mass is 10.4. The van der Waals surface area contributed by atoms with Gasteiger partial charge >= 0.3 is 0 Å². The summed E-state index contributed by atoms with van der Waals surface area (Å²) >= 11 is 22.3. The molecule has 0 radical (unpaired) electrons. The highest BCUT2D eigenvalue weighted by Crippen LogP contribution is 2.28. The summed E-state index contributed by atoms with van der Waals surface area (Å²) in [5.41, 5.74) is 0. The normalized spacial score (nSPS) is 16.2. The second kappa shape index (κ2) is 4.50. The average Bonchev–Trinajstić information content (AvgIpc) is 1.84. The van der Waals surface area contributed by atoms with E-state index in [-0.39, 0.29) is 0 Å². The highest BCUT2D eigenvalue weighted by molar-refractivity contribution is 6.50. The van der Waals surface area contributed by atoms with E-state index in [1.807, 2.05) is 0 Å². The summed E-state index contributed by atoms with van der Waals surface area (Å²) in [6.45, 7) is 3.29. The lowest BCUT2D eigenvalue weighted by molar-refractivity contribution is 1.55. The maximum absolute atomic E-state index is 5.63. The van der Waals surface area contributed by atoms with Crippen molar-refractivity contribution in [2.75, 3.05) is 0 Å². The van der Waals surface area contributed by atoms with E-state index in [0.29, 0.717) is 20.1 Å². The van der Waals surface area contributed by atoms with Crippen molar-refractivity contribution >= 4 is 46.4 Å². The zero-order valence-electron chi connectivity index (χ0n) is 5.51. The van der Waals surface area contributed by atoms with Gasteiger partial charge in [0.25, 0.3) is 0 Å². The van der Waals surface area contributed by atoms with Gasteiger partial charge in [-0.25, -0.2) is 0 Å². The van der Waals surface area contributed by atoms with Gasteiger partial charge in [0.1, 0.15) is 0 Å². The smallest absolute Gasteiger partial charge is 0.0746 e. The second-order valence-corrected chi connectivity index (χ2v) is 3.58. The van der Waals surface area contributed by atoms with E-state index in [2.05, 4.69) is 0 Å². The number of rotatable bonds is 1. The molecule has 0 aromatic heterocycles. The van der Waals surface area contributed by atoms with Crippen molar-refractivity contribution in [2.24, 2.45) is 0 Å². The van der Waals surface area contributed by atoms with Crippen LogP contribution in [0, 0.1) is 0 Å². The first-order valence-corrected chi connectivity index (χ1v) is 4.02. The Bertz CT molecular complexity index is 160. The van der Waals surface area contributed by atoms with E-state index in [4.69, 9.17) is 46.4 Å². The molecule has 4 heteroatoms. The van der Waals surface area contributed by atoms with E-state index >= 15 is 0 Å².